The third-order valence-electron chi connectivity index (χ3n) is 5.37. The maximum Gasteiger partial charge on any atom is 0.137 e. The molecule has 3 aromatic carbocycles. The van der Waals surface area contributed by atoms with Gasteiger partial charge in [0.25, 0.3) is 0 Å². The molecule has 32 heavy (non-hydrogen) atoms. The maximum absolute atomic E-state index is 10.8. The Balaban J connectivity index is 1.71. The monoisotopic (exact) mass is 532 g/mol. The molecule has 1 heterocycles. The highest BCUT2D eigenvalue weighted by Gasteiger charge is 2.32. The molecule has 0 fully saturated rings. The third-order valence-corrected chi connectivity index (χ3v) is 6.55. The number of aromatic hydroxyl groups is 1. The van der Waals surface area contributed by atoms with E-state index in [0.29, 0.717) is 34.4 Å². The largest absolute Gasteiger partial charge is 0.507 e. The van der Waals surface area contributed by atoms with Crippen LogP contribution in [0.25, 0.3) is 0 Å². The number of hydrogen-bond donors (Lipinski definition) is 1. The summed E-state index contributed by atoms with van der Waals surface area (Å²) in [4.78, 5) is 0. The fourth-order valence-electron chi connectivity index (χ4n) is 3.72. The Morgan fingerprint density at radius 3 is 2.62 bits per heavy atom. The first kappa shape index (κ1) is 23.0. The summed E-state index contributed by atoms with van der Waals surface area (Å²) in [6, 6.07) is 18.8. The summed E-state index contributed by atoms with van der Waals surface area (Å²) < 4.78 is 6.58. The van der Waals surface area contributed by atoms with E-state index in [1.807, 2.05) is 53.5 Å². The van der Waals surface area contributed by atoms with Crippen molar-refractivity contribution in [2.45, 2.75) is 32.2 Å². The van der Waals surface area contributed by atoms with Gasteiger partial charge in [-0.05, 0) is 58.2 Å². The fraction of sp³-hybridized carbons (Fsp3) is 0.240. The lowest BCUT2D eigenvalue weighted by Crippen LogP contribution is -2.18. The highest BCUT2D eigenvalue weighted by atomic mass is 79.9. The second-order valence-electron chi connectivity index (χ2n) is 7.61. The maximum atomic E-state index is 10.8. The topological polar surface area (TPSA) is 45.1 Å². The summed E-state index contributed by atoms with van der Waals surface area (Å²) in [5, 5.41) is 18.8. The van der Waals surface area contributed by atoms with Gasteiger partial charge in [0.05, 0.1) is 28.5 Å². The third kappa shape index (κ3) is 4.90. The van der Waals surface area contributed by atoms with Gasteiger partial charge < -0.3 is 9.84 Å². The van der Waals surface area contributed by atoms with Crippen LogP contribution in [0.3, 0.4) is 0 Å². The molecule has 0 aliphatic carbocycles. The Hall–Kier alpha value is -2.21. The van der Waals surface area contributed by atoms with Gasteiger partial charge in [-0.2, -0.15) is 5.10 Å². The Morgan fingerprint density at radius 2 is 1.91 bits per heavy atom. The summed E-state index contributed by atoms with van der Waals surface area (Å²) in [6.07, 6.45) is 2.58. The van der Waals surface area contributed by atoms with E-state index in [-0.39, 0.29) is 11.8 Å². The molecule has 4 rings (SSSR count). The highest BCUT2D eigenvalue weighted by molar-refractivity contribution is 9.10. The molecule has 1 N–H and O–H groups in total. The van der Waals surface area contributed by atoms with Gasteiger partial charge in [-0.15, -0.1) is 0 Å². The molecule has 1 atom stereocenters. The summed E-state index contributed by atoms with van der Waals surface area (Å²) in [5.74, 6) is 0.754. The van der Waals surface area contributed by atoms with E-state index in [0.717, 1.165) is 34.3 Å². The van der Waals surface area contributed by atoms with Crippen molar-refractivity contribution in [1.29, 1.82) is 0 Å². The minimum absolute atomic E-state index is 0.129. The average molecular weight is 534 g/mol. The summed E-state index contributed by atoms with van der Waals surface area (Å²) in [5.41, 5.74) is 3.30. The quantitative estimate of drug-likeness (QED) is 0.313. The molecule has 1 aliphatic heterocycles. The molecule has 0 aromatic heterocycles. The van der Waals surface area contributed by atoms with Gasteiger partial charge >= 0.3 is 0 Å². The van der Waals surface area contributed by atoms with Crippen molar-refractivity contribution >= 4 is 50.5 Å². The molecular formula is C25H23BrCl2N2O2. The van der Waals surface area contributed by atoms with Gasteiger partial charge in [-0.25, -0.2) is 0 Å². The zero-order chi connectivity index (χ0) is 22.7. The first-order valence-corrected chi connectivity index (χ1v) is 12.0. The number of unbranched alkanes of at least 4 members (excludes halogenated alkanes) is 1. The first-order chi connectivity index (χ1) is 15.5. The van der Waals surface area contributed by atoms with Crippen LogP contribution in [0.2, 0.25) is 10.0 Å². The van der Waals surface area contributed by atoms with Crippen molar-refractivity contribution < 1.29 is 9.84 Å². The molecule has 7 heteroatoms. The molecular weight excluding hydrogens is 511 g/mol. The number of hydrazone groups is 1. The van der Waals surface area contributed by atoms with E-state index in [9.17, 15) is 5.11 Å². The number of benzene rings is 3. The van der Waals surface area contributed by atoms with Crippen LogP contribution in [0.5, 0.6) is 11.5 Å². The standard InChI is InChI=1S/C25H23BrCl2N2O2/c1-2-3-11-32-25-15-24(31)19(13-20(25)26)22-14-23(18-10-9-16(27)12-21(18)28)30(29-22)17-7-5-4-6-8-17/h4-10,12-13,15,23,31H,2-3,11,14H2,1H3. The van der Waals surface area contributed by atoms with Gasteiger partial charge in [-0.3, -0.25) is 5.01 Å². The van der Waals surface area contributed by atoms with Crippen molar-refractivity contribution in [2.24, 2.45) is 5.10 Å². The molecule has 0 bridgehead atoms. The Bertz CT molecular complexity index is 1140. The number of hydrogen-bond acceptors (Lipinski definition) is 4. The van der Waals surface area contributed by atoms with Crippen LogP contribution in [0, 0.1) is 0 Å². The second-order valence-corrected chi connectivity index (χ2v) is 9.31. The predicted molar refractivity (Wildman–Crippen MR) is 135 cm³/mol. The van der Waals surface area contributed by atoms with E-state index < -0.39 is 0 Å². The number of phenolic OH excluding ortho intramolecular Hbond substituents is 1. The molecule has 1 unspecified atom stereocenters. The van der Waals surface area contributed by atoms with Crippen LogP contribution >= 0.6 is 39.1 Å². The van der Waals surface area contributed by atoms with E-state index in [1.165, 1.54) is 0 Å². The number of anilines is 1. The zero-order valence-electron chi connectivity index (χ0n) is 17.6. The van der Waals surface area contributed by atoms with Crippen molar-refractivity contribution in [2.75, 3.05) is 11.6 Å². The smallest absolute Gasteiger partial charge is 0.137 e. The van der Waals surface area contributed by atoms with E-state index in [1.54, 1.807) is 12.1 Å². The summed E-state index contributed by atoms with van der Waals surface area (Å²) in [6.45, 7) is 2.72. The number of ether oxygens (including phenoxy) is 1. The first-order valence-electron chi connectivity index (χ1n) is 10.5. The lowest BCUT2D eigenvalue weighted by atomic mass is 9.97. The molecule has 0 spiro atoms. The minimum atomic E-state index is -0.129. The van der Waals surface area contributed by atoms with Crippen LogP contribution in [-0.4, -0.2) is 17.4 Å². The van der Waals surface area contributed by atoms with Crippen LogP contribution in [0.1, 0.15) is 43.4 Å². The van der Waals surface area contributed by atoms with Crippen molar-refractivity contribution in [3.63, 3.8) is 0 Å². The number of halogens is 3. The fourth-order valence-corrected chi connectivity index (χ4v) is 4.71. The average Bonchev–Trinajstić information content (AvgIpc) is 3.21. The molecule has 166 valence electrons. The molecule has 4 nitrogen and oxygen atoms in total. The Morgan fingerprint density at radius 1 is 1.12 bits per heavy atom. The molecule has 1 aliphatic rings. The normalized spacial score (nSPS) is 15.7. The summed E-state index contributed by atoms with van der Waals surface area (Å²) >= 11 is 16.3. The highest BCUT2D eigenvalue weighted by Crippen LogP contribution is 2.42. The molecule has 0 saturated carbocycles. The molecule has 3 aromatic rings. The van der Waals surface area contributed by atoms with Crippen LogP contribution in [0.4, 0.5) is 5.69 Å². The number of nitrogens with zero attached hydrogens (tertiary/aromatic N) is 2. The SMILES string of the molecule is CCCCOc1cc(O)c(C2=NN(c3ccccc3)C(c3ccc(Cl)cc3Cl)C2)cc1Br. The van der Waals surface area contributed by atoms with Gasteiger partial charge in [0.15, 0.2) is 0 Å². The molecule has 0 radical (unpaired) electrons. The molecule has 0 saturated heterocycles. The van der Waals surface area contributed by atoms with Crippen LogP contribution in [0.15, 0.2) is 70.2 Å². The van der Waals surface area contributed by atoms with Crippen LogP contribution in [-0.2, 0) is 0 Å². The van der Waals surface area contributed by atoms with Crippen molar-refractivity contribution in [3.05, 3.63) is 86.3 Å². The van der Waals surface area contributed by atoms with E-state index >= 15 is 0 Å². The molecule has 0 amide bonds. The number of rotatable bonds is 7. The van der Waals surface area contributed by atoms with Gasteiger partial charge in [0.2, 0.25) is 0 Å². The number of para-hydroxylation sites is 1. The van der Waals surface area contributed by atoms with Gasteiger partial charge in [0.1, 0.15) is 11.5 Å². The van der Waals surface area contributed by atoms with Gasteiger partial charge in [-0.1, -0.05) is 60.8 Å². The lowest BCUT2D eigenvalue weighted by Gasteiger charge is -2.24. The van der Waals surface area contributed by atoms with Crippen molar-refractivity contribution in [3.8, 4) is 11.5 Å². The number of phenols is 1. The van der Waals surface area contributed by atoms with Crippen molar-refractivity contribution in [1.82, 2.24) is 0 Å². The van der Waals surface area contributed by atoms with Crippen LogP contribution < -0.4 is 9.75 Å². The second kappa shape index (κ2) is 10.2. The van der Waals surface area contributed by atoms with Gasteiger partial charge in [0, 0.05) is 28.1 Å². The zero-order valence-corrected chi connectivity index (χ0v) is 20.7. The Kier molecular flexibility index (Phi) is 7.29. The Labute approximate surface area is 206 Å². The predicted octanol–water partition coefficient (Wildman–Crippen LogP) is 8.00. The minimum Gasteiger partial charge on any atom is -0.507 e. The summed E-state index contributed by atoms with van der Waals surface area (Å²) in [7, 11) is 0. The van der Waals surface area contributed by atoms with E-state index in [2.05, 4.69) is 22.9 Å². The lowest BCUT2D eigenvalue weighted by molar-refractivity contribution is 0.305. The van der Waals surface area contributed by atoms with E-state index in [4.69, 9.17) is 33.0 Å².